The van der Waals surface area contributed by atoms with E-state index >= 15 is 0 Å². The summed E-state index contributed by atoms with van der Waals surface area (Å²) in [5.41, 5.74) is 7.55. The summed E-state index contributed by atoms with van der Waals surface area (Å²) in [6.45, 7) is 5.28. The number of carbonyl (C=O) groups is 2. The van der Waals surface area contributed by atoms with Crippen molar-refractivity contribution in [2.75, 3.05) is 13.1 Å². The van der Waals surface area contributed by atoms with Crippen LogP contribution in [0.15, 0.2) is 24.3 Å². The molecule has 0 bridgehead atoms. The quantitative estimate of drug-likeness (QED) is 0.870. The second-order valence-corrected chi connectivity index (χ2v) is 6.52. The van der Waals surface area contributed by atoms with Gasteiger partial charge in [-0.3, -0.25) is 9.59 Å². The van der Waals surface area contributed by atoms with Gasteiger partial charge in [-0.25, -0.2) is 0 Å². The highest BCUT2D eigenvalue weighted by atomic mass is 16.2. The Hall–Kier alpha value is -1.88. The maximum Gasteiger partial charge on any atom is 0.253 e. The van der Waals surface area contributed by atoms with E-state index in [0.717, 1.165) is 24.0 Å². The number of amides is 2. The molecule has 1 aliphatic heterocycles. The lowest BCUT2D eigenvalue weighted by Gasteiger charge is -2.32. The molecule has 0 saturated carbocycles. The summed E-state index contributed by atoms with van der Waals surface area (Å²) in [6.07, 6.45) is 2.79. The summed E-state index contributed by atoms with van der Waals surface area (Å²) in [4.78, 5) is 26.1. The van der Waals surface area contributed by atoms with Crippen molar-refractivity contribution >= 4 is 11.8 Å². The minimum atomic E-state index is 0.0507. The molecule has 3 N–H and O–H groups in total. The molecule has 5 heteroatoms. The highest BCUT2D eigenvalue weighted by Gasteiger charge is 2.24. The first-order chi connectivity index (χ1) is 11.0. The fourth-order valence-electron chi connectivity index (χ4n) is 2.76. The van der Waals surface area contributed by atoms with Gasteiger partial charge in [0.05, 0.1) is 0 Å². The van der Waals surface area contributed by atoms with Crippen LogP contribution in [0.4, 0.5) is 0 Å². The highest BCUT2D eigenvalue weighted by Crippen LogP contribution is 2.15. The van der Waals surface area contributed by atoms with E-state index in [2.05, 4.69) is 5.32 Å². The van der Waals surface area contributed by atoms with Gasteiger partial charge in [-0.05, 0) is 45.2 Å². The molecule has 126 valence electrons. The maximum absolute atomic E-state index is 12.4. The van der Waals surface area contributed by atoms with Crippen LogP contribution in [0.3, 0.4) is 0 Å². The van der Waals surface area contributed by atoms with E-state index in [0.29, 0.717) is 25.9 Å². The largest absolute Gasteiger partial charge is 0.353 e. The van der Waals surface area contributed by atoms with E-state index < -0.39 is 0 Å². The number of aryl methyl sites for hydroxylation is 1. The van der Waals surface area contributed by atoms with Gasteiger partial charge in [0.25, 0.3) is 5.91 Å². The summed E-state index contributed by atoms with van der Waals surface area (Å²) < 4.78 is 0. The number of hydrogen-bond donors (Lipinski definition) is 2. The number of hydrogen-bond acceptors (Lipinski definition) is 3. The Morgan fingerprint density at radius 1 is 1.26 bits per heavy atom. The predicted octanol–water partition coefficient (Wildman–Crippen LogP) is 1.84. The van der Waals surface area contributed by atoms with E-state index in [1.54, 1.807) is 0 Å². The van der Waals surface area contributed by atoms with Crippen LogP contribution in [0.1, 0.15) is 48.5 Å². The minimum Gasteiger partial charge on any atom is -0.353 e. The molecular formula is C18H27N3O2. The van der Waals surface area contributed by atoms with Crippen molar-refractivity contribution in [1.82, 2.24) is 10.2 Å². The number of nitrogens with zero attached hydrogens (tertiary/aromatic N) is 1. The van der Waals surface area contributed by atoms with Crippen molar-refractivity contribution in [3.05, 3.63) is 35.4 Å². The summed E-state index contributed by atoms with van der Waals surface area (Å²) >= 11 is 0. The van der Waals surface area contributed by atoms with Crippen molar-refractivity contribution in [1.29, 1.82) is 0 Å². The molecule has 1 aliphatic rings. The number of nitrogens with one attached hydrogen (secondary N) is 1. The standard InChI is InChI=1S/C18H27N3O2/c1-13-3-6-15(7-4-13)18(23)21-11-9-16(10-12-21)20-17(22)8-5-14(2)19/h3-4,6-7,14,16H,5,8-12,19H2,1-2H3,(H,20,22). The first-order valence-corrected chi connectivity index (χ1v) is 8.36. The molecule has 0 aliphatic carbocycles. The Morgan fingerprint density at radius 2 is 1.87 bits per heavy atom. The van der Waals surface area contributed by atoms with Crippen molar-refractivity contribution in [2.45, 2.75) is 51.6 Å². The Morgan fingerprint density at radius 3 is 2.43 bits per heavy atom. The summed E-state index contributed by atoms with van der Waals surface area (Å²) in [5.74, 6) is 0.136. The van der Waals surface area contributed by atoms with E-state index in [1.165, 1.54) is 0 Å². The Kier molecular flexibility index (Phi) is 6.16. The zero-order valence-electron chi connectivity index (χ0n) is 14.0. The Labute approximate surface area is 138 Å². The summed E-state index contributed by atoms with van der Waals surface area (Å²) in [5, 5.41) is 3.05. The minimum absolute atomic E-state index is 0.0507. The van der Waals surface area contributed by atoms with Crippen LogP contribution >= 0.6 is 0 Å². The van der Waals surface area contributed by atoms with Gasteiger partial charge in [-0.15, -0.1) is 0 Å². The molecule has 1 fully saturated rings. The third-order valence-corrected chi connectivity index (χ3v) is 4.27. The van der Waals surface area contributed by atoms with Gasteiger partial charge in [0.2, 0.25) is 5.91 Å². The fourth-order valence-corrected chi connectivity index (χ4v) is 2.76. The molecule has 5 nitrogen and oxygen atoms in total. The normalized spacial score (nSPS) is 16.9. The average Bonchev–Trinajstić information content (AvgIpc) is 2.54. The molecule has 1 atom stereocenters. The monoisotopic (exact) mass is 317 g/mol. The predicted molar refractivity (Wildman–Crippen MR) is 91.1 cm³/mol. The molecule has 1 aromatic rings. The topological polar surface area (TPSA) is 75.4 Å². The SMILES string of the molecule is Cc1ccc(C(=O)N2CCC(NC(=O)CCC(C)N)CC2)cc1. The van der Waals surface area contributed by atoms with Gasteiger partial charge >= 0.3 is 0 Å². The molecule has 2 rings (SSSR count). The van der Waals surface area contributed by atoms with Gasteiger partial charge in [0.15, 0.2) is 0 Å². The Bertz CT molecular complexity index is 532. The second-order valence-electron chi connectivity index (χ2n) is 6.52. The van der Waals surface area contributed by atoms with Crippen LogP contribution < -0.4 is 11.1 Å². The summed E-state index contributed by atoms with van der Waals surface area (Å²) in [7, 11) is 0. The number of likely N-dealkylation sites (tertiary alicyclic amines) is 1. The van der Waals surface area contributed by atoms with Gasteiger partial charge in [0, 0.05) is 37.2 Å². The van der Waals surface area contributed by atoms with E-state index in [1.807, 2.05) is 43.0 Å². The van der Waals surface area contributed by atoms with Crippen LogP contribution in [-0.4, -0.2) is 41.9 Å². The lowest BCUT2D eigenvalue weighted by molar-refractivity contribution is -0.122. The first-order valence-electron chi connectivity index (χ1n) is 8.36. The molecule has 0 spiro atoms. The number of nitrogens with two attached hydrogens (primary N) is 1. The molecule has 1 unspecified atom stereocenters. The van der Waals surface area contributed by atoms with Crippen LogP contribution in [0, 0.1) is 6.92 Å². The summed E-state index contributed by atoms with van der Waals surface area (Å²) in [6, 6.07) is 7.88. The van der Waals surface area contributed by atoms with Gasteiger partial charge < -0.3 is 16.0 Å². The third kappa shape index (κ3) is 5.36. The van der Waals surface area contributed by atoms with Gasteiger partial charge in [0.1, 0.15) is 0 Å². The lowest BCUT2D eigenvalue weighted by atomic mass is 10.0. The van der Waals surface area contributed by atoms with Crippen LogP contribution in [0.5, 0.6) is 0 Å². The van der Waals surface area contributed by atoms with E-state index in [-0.39, 0.29) is 23.9 Å². The number of piperidine rings is 1. The van der Waals surface area contributed by atoms with Crippen molar-refractivity contribution in [2.24, 2.45) is 5.73 Å². The highest BCUT2D eigenvalue weighted by molar-refractivity contribution is 5.94. The Balaban J connectivity index is 1.78. The van der Waals surface area contributed by atoms with Crippen molar-refractivity contribution in [3.63, 3.8) is 0 Å². The molecule has 1 aromatic carbocycles. The molecular weight excluding hydrogens is 290 g/mol. The molecule has 0 radical (unpaired) electrons. The number of carbonyl (C=O) groups excluding carboxylic acids is 2. The zero-order chi connectivity index (χ0) is 16.8. The smallest absolute Gasteiger partial charge is 0.253 e. The zero-order valence-corrected chi connectivity index (χ0v) is 14.0. The lowest BCUT2D eigenvalue weighted by Crippen LogP contribution is -2.46. The third-order valence-electron chi connectivity index (χ3n) is 4.27. The number of benzene rings is 1. The van der Waals surface area contributed by atoms with Crippen LogP contribution in [0.25, 0.3) is 0 Å². The van der Waals surface area contributed by atoms with Gasteiger partial charge in [-0.2, -0.15) is 0 Å². The van der Waals surface area contributed by atoms with Crippen molar-refractivity contribution in [3.8, 4) is 0 Å². The van der Waals surface area contributed by atoms with E-state index in [4.69, 9.17) is 5.73 Å². The molecule has 1 saturated heterocycles. The second kappa shape index (κ2) is 8.11. The number of rotatable bonds is 5. The van der Waals surface area contributed by atoms with Gasteiger partial charge in [-0.1, -0.05) is 17.7 Å². The van der Waals surface area contributed by atoms with Crippen molar-refractivity contribution < 1.29 is 9.59 Å². The van der Waals surface area contributed by atoms with Crippen LogP contribution in [0.2, 0.25) is 0 Å². The molecule has 23 heavy (non-hydrogen) atoms. The molecule has 0 aromatic heterocycles. The van der Waals surface area contributed by atoms with Crippen LogP contribution in [-0.2, 0) is 4.79 Å². The first kappa shape index (κ1) is 17.5. The average molecular weight is 317 g/mol. The maximum atomic E-state index is 12.4. The van der Waals surface area contributed by atoms with E-state index in [9.17, 15) is 9.59 Å². The fraction of sp³-hybridized carbons (Fsp3) is 0.556. The molecule has 1 heterocycles. The molecule has 2 amide bonds.